The fraction of sp³-hybridized carbons (Fsp3) is 0.211. The largest absolute Gasteiger partial charge is 0.250 e. The van der Waals surface area contributed by atoms with Crippen LogP contribution in [-0.4, -0.2) is 21.1 Å². The van der Waals surface area contributed by atoms with Gasteiger partial charge in [-0.3, -0.25) is 0 Å². The third-order valence-corrected chi connectivity index (χ3v) is 4.37. The van der Waals surface area contributed by atoms with Crippen molar-refractivity contribution in [3.8, 4) is 11.4 Å². The van der Waals surface area contributed by atoms with Crippen molar-refractivity contribution in [3.63, 3.8) is 0 Å². The highest BCUT2D eigenvalue weighted by Gasteiger charge is 2.12. The summed E-state index contributed by atoms with van der Waals surface area (Å²) in [5, 5.41) is 12.2. The van der Waals surface area contributed by atoms with Gasteiger partial charge < -0.3 is 0 Å². The third-order valence-electron chi connectivity index (χ3n) is 3.85. The van der Waals surface area contributed by atoms with E-state index in [2.05, 4.69) is 60.3 Å². The molecule has 0 amide bonds. The van der Waals surface area contributed by atoms with Crippen LogP contribution in [0.4, 0.5) is 0 Å². The number of hydrogen-bond donors (Lipinski definition) is 1. The van der Waals surface area contributed by atoms with Crippen molar-refractivity contribution < 1.29 is 0 Å². The van der Waals surface area contributed by atoms with Crippen LogP contribution >= 0.6 is 23.8 Å². The molecule has 128 valence electrons. The molecule has 0 radical (unpaired) electrons. The fourth-order valence-corrected chi connectivity index (χ4v) is 2.68. The van der Waals surface area contributed by atoms with Gasteiger partial charge in [0.2, 0.25) is 4.77 Å². The fourth-order valence-electron chi connectivity index (χ4n) is 2.38. The minimum absolute atomic E-state index is 0.129. The predicted molar refractivity (Wildman–Crippen MR) is 106 cm³/mol. The number of nitrogens with zero attached hydrogens (tertiary/aromatic N) is 3. The average Bonchev–Trinajstić information content (AvgIpc) is 2.94. The van der Waals surface area contributed by atoms with Crippen LogP contribution in [0, 0.1) is 4.77 Å². The number of aromatic nitrogens is 3. The van der Waals surface area contributed by atoms with Crippen LogP contribution in [0.1, 0.15) is 31.9 Å². The van der Waals surface area contributed by atoms with Crippen molar-refractivity contribution in [1.82, 2.24) is 14.9 Å². The third kappa shape index (κ3) is 4.06. The Bertz CT molecular complexity index is 945. The van der Waals surface area contributed by atoms with Crippen molar-refractivity contribution in [3.05, 3.63) is 69.5 Å². The number of nitrogens with one attached hydrogen (secondary N) is 1. The van der Waals surface area contributed by atoms with Gasteiger partial charge >= 0.3 is 0 Å². The predicted octanol–water partition coefficient (Wildman–Crippen LogP) is 5.44. The maximum absolute atomic E-state index is 5.94. The number of benzene rings is 2. The summed E-state index contributed by atoms with van der Waals surface area (Å²) in [7, 11) is 0. The first-order valence-electron chi connectivity index (χ1n) is 7.93. The van der Waals surface area contributed by atoms with Gasteiger partial charge in [-0.25, -0.2) is 5.10 Å². The number of halogens is 1. The van der Waals surface area contributed by atoms with Gasteiger partial charge in [0, 0.05) is 10.6 Å². The van der Waals surface area contributed by atoms with Crippen molar-refractivity contribution in [1.29, 1.82) is 0 Å². The molecule has 1 heterocycles. The van der Waals surface area contributed by atoms with E-state index in [9.17, 15) is 0 Å². The molecule has 0 aliphatic rings. The number of hydrogen-bond acceptors (Lipinski definition) is 3. The molecule has 1 N–H and O–H groups in total. The van der Waals surface area contributed by atoms with Gasteiger partial charge in [-0.05, 0) is 53.0 Å². The van der Waals surface area contributed by atoms with E-state index in [-0.39, 0.29) is 5.41 Å². The summed E-state index contributed by atoms with van der Waals surface area (Å²) in [6.45, 7) is 6.58. The van der Waals surface area contributed by atoms with Crippen LogP contribution in [0.5, 0.6) is 0 Å². The van der Waals surface area contributed by atoms with Gasteiger partial charge in [-0.15, -0.1) is 0 Å². The number of aromatic amines is 1. The van der Waals surface area contributed by atoms with E-state index in [1.54, 1.807) is 10.9 Å². The lowest BCUT2D eigenvalue weighted by atomic mass is 9.87. The smallest absolute Gasteiger partial charge is 0.216 e. The Balaban J connectivity index is 1.90. The molecule has 0 saturated heterocycles. The van der Waals surface area contributed by atoms with Crippen LogP contribution in [0.3, 0.4) is 0 Å². The van der Waals surface area contributed by atoms with Gasteiger partial charge in [-0.2, -0.15) is 14.9 Å². The van der Waals surface area contributed by atoms with Gasteiger partial charge in [0.25, 0.3) is 0 Å². The van der Waals surface area contributed by atoms with Crippen molar-refractivity contribution in [2.75, 3.05) is 0 Å². The van der Waals surface area contributed by atoms with E-state index in [4.69, 9.17) is 23.8 Å². The molecule has 0 aliphatic carbocycles. The minimum Gasteiger partial charge on any atom is -0.250 e. The summed E-state index contributed by atoms with van der Waals surface area (Å²) in [5.74, 6) is 0.643. The van der Waals surface area contributed by atoms with Crippen LogP contribution < -0.4 is 0 Å². The molecule has 0 spiro atoms. The van der Waals surface area contributed by atoms with E-state index in [1.165, 1.54) is 5.56 Å². The van der Waals surface area contributed by atoms with E-state index in [0.29, 0.717) is 15.6 Å². The molecule has 0 fully saturated rings. The lowest BCUT2D eigenvalue weighted by molar-refractivity contribution is 0.590. The zero-order valence-corrected chi connectivity index (χ0v) is 15.9. The van der Waals surface area contributed by atoms with Crippen LogP contribution in [-0.2, 0) is 5.41 Å². The molecule has 6 heteroatoms. The normalized spacial score (nSPS) is 12.0. The summed E-state index contributed by atoms with van der Waals surface area (Å²) >= 11 is 11.2. The van der Waals surface area contributed by atoms with Crippen molar-refractivity contribution in [2.45, 2.75) is 26.2 Å². The van der Waals surface area contributed by atoms with E-state index in [1.807, 2.05) is 24.3 Å². The van der Waals surface area contributed by atoms with E-state index >= 15 is 0 Å². The summed E-state index contributed by atoms with van der Waals surface area (Å²) in [5.41, 5.74) is 3.30. The second kappa shape index (κ2) is 6.94. The van der Waals surface area contributed by atoms with Crippen LogP contribution in [0.2, 0.25) is 5.02 Å². The monoisotopic (exact) mass is 370 g/mol. The SMILES string of the molecule is CC(C)(C)c1ccc(C=Nn2c(-c3ccc(Cl)cc3)n[nH]c2=S)cc1. The summed E-state index contributed by atoms with van der Waals surface area (Å²) in [6, 6.07) is 15.7. The number of H-pyrrole nitrogens is 1. The topological polar surface area (TPSA) is 46.0 Å². The molecular weight excluding hydrogens is 352 g/mol. The summed E-state index contributed by atoms with van der Waals surface area (Å²) in [4.78, 5) is 0. The van der Waals surface area contributed by atoms with Crippen molar-refractivity contribution in [2.24, 2.45) is 5.10 Å². The molecule has 25 heavy (non-hydrogen) atoms. The zero-order chi connectivity index (χ0) is 18.0. The average molecular weight is 371 g/mol. The van der Waals surface area contributed by atoms with E-state index in [0.717, 1.165) is 11.1 Å². The quantitative estimate of drug-likeness (QED) is 0.492. The Labute approximate surface area is 157 Å². The maximum atomic E-state index is 5.94. The number of rotatable bonds is 3. The van der Waals surface area contributed by atoms with Gasteiger partial charge in [0.1, 0.15) is 0 Å². The minimum atomic E-state index is 0.129. The Morgan fingerprint density at radius 1 is 1.08 bits per heavy atom. The highest BCUT2D eigenvalue weighted by molar-refractivity contribution is 7.71. The molecule has 2 aromatic carbocycles. The standard InChI is InChI=1S/C19H19ClN4S/c1-19(2,3)15-8-4-13(5-9-15)12-21-24-17(22-23-18(24)25)14-6-10-16(20)11-7-14/h4-12H,1-3H3,(H,23,25). The molecule has 4 nitrogen and oxygen atoms in total. The Morgan fingerprint density at radius 2 is 1.72 bits per heavy atom. The first-order chi connectivity index (χ1) is 11.8. The van der Waals surface area contributed by atoms with Crippen molar-refractivity contribution >= 4 is 30.0 Å². The molecule has 0 aliphatic heterocycles. The second-order valence-electron chi connectivity index (χ2n) is 6.79. The Hall–Kier alpha value is -2.24. The molecule has 1 aromatic heterocycles. The molecule has 3 rings (SSSR count). The molecule has 0 atom stereocenters. The van der Waals surface area contributed by atoms with Gasteiger partial charge in [-0.1, -0.05) is 56.6 Å². The lowest BCUT2D eigenvalue weighted by Crippen LogP contribution is -2.10. The van der Waals surface area contributed by atoms with Gasteiger partial charge in [0.05, 0.1) is 6.21 Å². The summed E-state index contributed by atoms with van der Waals surface area (Å²) in [6.07, 6.45) is 1.77. The maximum Gasteiger partial charge on any atom is 0.216 e. The lowest BCUT2D eigenvalue weighted by Gasteiger charge is -2.18. The first-order valence-corrected chi connectivity index (χ1v) is 8.71. The highest BCUT2D eigenvalue weighted by atomic mass is 35.5. The van der Waals surface area contributed by atoms with E-state index < -0.39 is 0 Å². The molecular formula is C19H19ClN4S. The summed E-state index contributed by atoms with van der Waals surface area (Å²) < 4.78 is 2.04. The van der Waals surface area contributed by atoms with Crippen LogP contribution in [0.15, 0.2) is 53.6 Å². The van der Waals surface area contributed by atoms with Crippen LogP contribution in [0.25, 0.3) is 11.4 Å². The first kappa shape index (κ1) is 17.6. The Morgan fingerprint density at radius 3 is 2.32 bits per heavy atom. The second-order valence-corrected chi connectivity index (χ2v) is 7.61. The molecule has 0 saturated carbocycles. The molecule has 0 unspecified atom stereocenters. The molecule has 3 aromatic rings. The highest BCUT2D eigenvalue weighted by Crippen LogP contribution is 2.22. The Kier molecular flexibility index (Phi) is 4.88. The molecule has 0 bridgehead atoms. The van der Waals surface area contributed by atoms with Gasteiger partial charge in [0.15, 0.2) is 5.82 Å². The zero-order valence-electron chi connectivity index (χ0n) is 14.3.